The number of halogens is 2. The first-order chi connectivity index (χ1) is 10.4. The van der Waals surface area contributed by atoms with Gasteiger partial charge in [0.2, 0.25) is 0 Å². The molecular weight excluding hydrogens is 325 g/mol. The summed E-state index contributed by atoms with van der Waals surface area (Å²) >= 11 is 6.10. The van der Waals surface area contributed by atoms with Crippen molar-refractivity contribution >= 4 is 27.3 Å². The van der Waals surface area contributed by atoms with E-state index in [9.17, 15) is 12.8 Å². The van der Waals surface area contributed by atoms with E-state index in [4.69, 9.17) is 11.6 Å². The van der Waals surface area contributed by atoms with Crippen molar-refractivity contribution in [2.45, 2.75) is 24.7 Å². The summed E-state index contributed by atoms with van der Waals surface area (Å²) in [7, 11) is -3.88. The van der Waals surface area contributed by atoms with Gasteiger partial charge in [0.15, 0.2) is 0 Å². The molecule has 0 aliphatic carbocycles. The molecule has 2 aromatic carbocycles. The van der Waals surface area contributed by atoms with Gasteiger partial charge in [-0.05, 0) is 49.1 Å². The van der Waals surface area contributed by atoms with Gasteiger partial charge in [-0.25, -0.2) is 12.8 Å². The molecule has 22 heavy (non-hydrogen) atoms. The Morgan fingerprint density at radius 1 is 1.23 bits per heavy atom. The van der Waals surface area contributed by atoms with Crippen LogP contribution >= 0.6 is 11.6 Å². The Kier molecular flexibility index (Phi) is 3.87. The van der Waals surface area contributed by atoms with Crippen LogP contribution in [0.2, 0.25) is 5.02 Å². The normalized spacial score (nSPS) is 14.8. The van der Waals surface area contributed by atoms with Crippen molar-refractivity contribution in [3.05, 3.63) is 58.4 Å². The summed E-state index contributed by atoms with van der Waals surface area (Å²) in [5, 5.41) is 0.156. The predicted octanol–water partition coefficient (Wildman–Crippen LogP) is 3.93. The van der Waals surface area contributed by atoms with E-state index in [0.29, 0.717) is 18.4 Å². The molecule has 0 N–H and O–H groups in total. The van der Waals surface area contributed by atoms with Crippen LogP contribution in [0.5, 0.6) is 0 Å². The number of sulfonamides is 1. The molecule has 0 saturated carbocycles. The molecule has 0 aromatic heterocycles. The number of para-hydroxylation sites is 1. The van der Waals surface area contributed by atoms with E-state index in [1.54, 1.807) is 24.3 Å². The van der Waals surface area contributed by atoms with Gasteiger partial charge in [-0.2, -0.15) is 0 Å². The van der Waals surface area contributed by atoms with Crippen molar-refractivity contribution in [2.24, 2.45) is 0 Å². The number of rotatable bonds is 2. The van der Waals surface area contributed by atoms with Crippen molar-refractivity contribution < 1.29 is 12.8 Å². The predicted molar refractivity (Wildman–Crippen MR) is 85.4 cm³/mol. The topological polar surface area (TPSA) is 37.4 Å². The second-order valence-electron chi connectivity index (χ2n) is 5.36. The van der Waals surface area contributed by atoms with Gasteiger partial charge in [0.1, 0.15) is 10.7 Å². The third-order valence-electron chi connectivity index (χ3n) is 3.78. The largest absolute Gasteiger partial charge is 0.265 e. The van der Waals surface area contributed by atoms with Gasteiger partial charge in [0.25, 0.3) is 10.0 Å². The molecule has 0 unspecified atom stereocenters. The van der Waals surface area contributed by atoms with Crippen LogP contribution in [0, 0.1) is 12.7 Å². The Morgan fingerprint density at radius 2 is 2.00 bits per heavy atom. The minimum atomic E-state index is -3.88. The smallest absolute Gasteiger partial charge is 0.263 e. The summed E-state index contributed by atoms with van der Waals surface area (Å²) in [6.07, 6.45) is 1.32. The second-order valence-corrected chi connectivity index (χ2v) is 7.60. The van der Waals surface area contributed by atoms with Crippen LogP contribution in [-0.2, 0) is 16.4 Å². The lowest BCUT2D eigenvalue weighted by atomic mass is 10.0. The fraction of sp³-hybridized carbons (Fsp3) is 0.250. The van der Waals surface area contributed by atoms with E-state index < -0.39 is 15.8 Å². The van der Waals surface area contributed by atoms with E-state index >= 15 is 0 Å². The van der Waals surface area contributed by atoms with Crippen molar-refractivity contribution in [2.75, 3.05) is 10.8 Å². The maximum Gasteiger partial charge on any atom is 0.265 e. The maximum absolute atomic E-state index is 14.2. The van der Waals surface area contributed by atoms with Gasteiger partial charge < -0.3 is 0 Å². The van der Waals surface area contributed by atoms with Crippen LogP contribution < -0.4 is 4.31 Å². The molecular formula is C16H15ClFNO2S. The maximum atomic E-state index is 14.2. The summed E-state index contributed by atoms with van der Waals surface area (Å²) < 4.78 is 41.1. The highest BCUT2D eigenvalue weighted by molar-refractivity contribution is 7.93. The molecule has 0 bridgehead atoms. The van der Waals surface area contributed by atoms with E-state index in [0.717, 1.165) is 9.87 Å². The molecule has 0 saturated heterocycles. The van der Waals surface area contributed by atoms with Crippen LogP contribution in [0.3, 0.4) is 0 Å². The zero-order valence-electron chi connectivity index (χ0n) is 12.0. The van der Waals surface area contributed by atoms with Gasteiger partial charge in [0, 0.05) is 6.54 Å². The summed E-state index contributed by atoms with van der Waals surface area (Å²) in [5.74, 6) is -0.524. The third-order valence-corrected chi connectivity index (χ3v) is 6.06. The Bertz CT molecular complexity index is 836. The highest BCUT2D eigenvalue weighted by Crippen LogP contribution is 2.36. The molecule has 1 heterocycles. The minimum Gasteiger partial charge on any atom is -0.263 e. The van der Waals surface area contributed by atoms with E-state index in [2.05, 4.69) is 0 Å². The quantitative estimate of drug-likeness (QED) is 0.831. The molecule has 0 spiro atoms. The molecule has 0 atom stereocenters. The van der Waals surface area contributed by atoms with Gasteiger partial charge in [-0.15, -0.1) is 0 Å². The lowest BCUT2D eigenvalue weighted by Gasteiger charge is -2.31. The van der Waals surface area contributed by atoms with Crippen molar-refractivity contribution in [1.82, 2.24) is 0 Å². The molecule has 2 aromatic rings. The van der Waals surface area contributed by atoms with E-state index in [1.807, 2.05) is 6.92 Å². The highest BCUT2D eigenvalue weighted by atomic mass is 35.5. The van der Waals surface area contributed by atoms with Crippen LogP contribution in [0.15, 0.2) is 41.3 Å². The first kappa shape index (κ1) is 15.3. The fourth-order valence-corrected chi connectivity index (χ4v) is 4.86. The Labute approximate surface area is 134 Å². The standard InChI is InChI=1S/C16H15ClFNO2S/c1-11-7-8-15(13(17)10-11)22(20,21)19-9-3-5-12-4-2-6-14(18)16(12)19/h2,4,6-8,10H,3,5,9H2,1H3. The van der Waals surface area contributed by atoms with Crippen molar-refractivity contribution in [3.8, 4) is 0 Å². The number of nitrogens with zero attached hydrogens (tertiary/aromatic N) is 1. The summed E-state index contributed by atoms with van der Waals surface area (Å²) in [6.45, 7) is 2.08. The second kappa shape index (κ2) is 5.56. The Morgan fingerprint density at radius 3 is 2.73 bits per heavy atom. The zero-order valence-corrected chi connectivity index (χ0v) is 13.6. The Hall–Kier alpha value is -1.59. The lowest BCUT2D eigenvalue weighted by Crippen LogP contribution is -2.36. The van der Waals surface area contributed by atoms with Gasteiger partial charge in [-0.3, -0.25) is 4.31 Å². The van der Waals surface area contributed by atoms with E-state index in [1.165, 1.54) is 12.1 Å². The molecule has 0 amide bonds. The lowest BCUT2D eigenvalue weighted by molar-refractivity contribution is 0.577. The zero-order chi connectivity index (χ0) is 15.9. The van der Waals surface area contributed by atoms with Gasteiger partial charge in [0.05, 0.1) is 10.7 Å². The first-order valence-electron chi connectivity index (χ1n) is 6.97. The SMILES string of the molecule is Cc1ccc(S(=O)(=O)N2CCCc3cccc(F)c32)c(Cl)c1. The number of benzene rings is 2. The van der Waals surface area contributed by atoms with Gasteiger partial charge >= 0.3 is 0 Å². The molecule has 0 radical (unpaired) electrons. The minimum absolute atomic E-state index is 0.0101. The summed E-state index contributed by atoms with van der Waals surface area (Å²) in [4.78, 5) is 0.0101. The fourth-order valence-electron chi connectivity index (χ4n) is 2.74. The molecule has 0 fully saturated rings. The first-order valence-corrected chi connectivity index (χ1v) is 8.79. The molecule has 3 rings (SSSR count). The molecule has 6 heteroatoms. The Balaban J connectivity index is 2.16. The van der Waals surface area contributed by atoms with E-state index in [-0.39, 0.29) is 22.2 Å². The highest BCUT2D eigenvalue weighted by Gasteiger charge is 2.32. The summed E-state index contributed by atoms with van der Waals surface area (Å²) in [6, 6.07) is 9.40. The van der Waals surface area contributed by atoms with Crippen LogP contribution in [0.4, 0.5) is 10.1 Å². The third kappa shape index (κ3) is 2.48. The molecule has 116 valence electrons. The average Bonchev–Trinajstić information content (AvgIpc) is 2.46. The summed E-state index contributed by atoms with van der Waals surface area (Å²) in [5.41, 5.74) is 1.72. The molecule has 3 nitrogen and oxygen atoms in total. The van der Waals surface area contributed by atoms with Crippen LogP contribution in [0.1, 0.15) is 17.5 Å². The number of fused-ring (bicyclic) bond motifs is 1. The average molecular weight is 340 g/mol. The molecule has 1 aliphatic heterocycles. The molecule has 1 aliphatic rings. The number of hydrogen-bond acceptors (Lipinski definition) is 2. The van der Waals surface area contributed by atoms with Crippen molar-refractivity contribution in [1.29, 1.82) is 0 Å². The number of aryl methyl sites for hydroxylation is 2. The number of hydrogen-bond donors (Lipinski definition) is 0. The monoisotopic (exact) mass is 339 g/mol. The van der Waals surface area contributed by atoms with Crippen LogP contribution in [-0.4, -0.2) is 15.0 Å². The van der Waals surface area contributed by atoms with Crippen LogP contribution in [0.25, 0.3) is 0 Å². The van der Waals surface area contributed by atoms with Crippen molar-refractivity contribution in [3.63, 3.8) is 0 Å². The van der Waals surface area contributed by atoms with Gasteiger partial charge in [-0.1, -0.05) is 29.8 Å². The number of anilines is 1.